The molecular weight excluding hydrogens is 515 g/mol. The number of aliphatic hydroxyl groups excluding tert-OH is 1. The Morgan fingerprint density at radius 3 is 2.51 bits per heavy atom. The first-order valence-electron chi connectivity index (χ1n) is 14.3. The number of benzene rings is 2. The van der Waals surface area contributed by atoms with Crippen LogP contribution in [0.5, 0.6) is 0 Å². The van der Waals surface area contributed by atoms with Crippen LogP contribution >= 0.6 is 0 Å². The van der Waals surface area contributed by atoms with E-state index in [0.717, 1.165) is 29.8 Å². The lowest BCUT2D eigenvalue weighted by Crippen LogP contribution is -2.42. The Kier molecular flexibility index (Phi) is 14.5. The number of carbonyl (C=O) groups is 1. The minimum atomic E-state index is -0.132. The number of hydrogen-bond acceptors (Lipinski definition) is 5. The quantitative estimate of drug-likeness (QED) is 0.169. The molecule has 0 aromatic heterocycles. The van der Waals surface area contributed by atoms with Gasteiger partial charge < -0.3 is 26.0 Å². The maximum Gasteiger partial charge on any atom is 0.242 e. The van der Waals surface area contributed by atoms with Gasteiger partial charge in [-0.3, -0.25) is 4.79 Å². The molecule has 3 rings (SSSR count). The predicted octanol–water partition coefficient (Wildman–Crippen LogP) is 6.34. The van der Waals surface area contributed by atoms with Gasteiger partial charge >= 0.3 is 0 Å². The second-order valence-corrected chi connectivity index (χ2v) is 10.4. The lowest BCUT2D eigenvalue weighted by molar-refractivity contribution is -0.129. The number of allylic oxidation sites excluding steroid dienone is 3. The Hall–Kier alpha value is -3.84. The highest BCUT2D eigenvalue weighted by molar-refractivity contribution is 5.82. The molecule has 222 valence electrons. The molecule has 1 aliphatic heterocycles. The van der Waals surface area contributed by atoms with E-state index in [2.05, 4.69) is 35.9 Å². The average molecular weight is 563 g/mol. The van der Waals surface area contributed by atoms with E-state index in [1.165, 1.54) is 11.6 Å². The molecule has 1 heterocycles. The van der Waals surface area contributed by atoms with Crippen molar-refractivity contribution in [2.75, 3.05) is 37.6 Å². The van der Waals surface area contributed by atoms with E-state index in [9.17, 15) is 14.3 Å². The topological polar surface area (TPSA) is 81.8 Å². The standard InChI is InChI=1S/C27H40N4O2.C7H7F/c1-5-6-8-24(23(4)32)14-16-29-22(3)19-31(26-12-10-21(2)11-13-26)20-27(33)30-17-7-9-25(28)15-18-30;1-6-4-2-3-5-7(6)8/h6-13,25,29,32H,3,5,14-20,28H2,1-2,4H3;2-5H,1H3/b8-6-,24-23-;. The van der Waals surface area contributed by atoms with Crippen molar-refractivity contribution in [3.05, 3.63) is 113 Å². The van der Waals surface area contributed by atoms with E-state index >= 15 is 0 Å². The zero-order valence-corrected chi connectivity index (χ0v) is 25.1. The zero-order chi connectivity index (χ0) is 30.2. The maximum absolute atomic E-state index is 13.1. The van der Waals surface area contributed by atoms with Gasteiger partial charge in [0, 0.05) is 37.1 Å². The second kappa shape index (κ2) is 17.8. The number of anilines is 1. The van der Waals surface area contributed by atoms with Crippen molar-refractivity contribution in [3.63, 3.8) is 0 Å². The molecule has 2 aromatic rings. The zero-order valence-electron chi connectivity index (χ0n) is 25.1. The summed E-state index contributed by atoms with van der Waals surface area (Å²) in [6.07, 6.45) is 10.4. The van der Waals surface area contributed by atoms with Gasteiger partial charge in [-0.25, -0.2) is 4.39 Å². The van der Waals surface area contributed by atoms with Crippen molar-refractivity contribution < 1.29 is 14.3 Å². The fourth-order valence-corrected chi connectivity index (χ4v) is 4.20. The predicted molar refractivity (Wildman–Crippen MR) is 169 cm³/mol. The van der Waals surface area contributed by atoms with Gasteiger partial charge in [-0.05, 0) is 69.4 Å². The third-order valence-corrected chi connectivity index (χ3v) is 6.77. The Labute approximate surface area is 245 Å². The van der Waals surface area contributed by atoms with Gasteiger partial charge in [0.05, 0.1) is 18.8 Å². The van der Waals surface area contributed by atoms with E-state index in [4.69, 9.17) is 5.73 Å². The summed E-state index contributed by atoms with van der Waals surface area (Å²) in [6.45, 7) is 14.4. The monoisotopic (exact) mass is 562 g/mol. The highest BCUT2D eigenvalue weighted by Crippen LogP contribution is 2.17. The van der Waals surface area contributed by atoms with Gasteiger partial charge in [-0.2, -0.15) is 0 Å². The van der Waals surface area contributed by atoms with Crippen LogP contribution < -0.4 is 16.0 Å². The molecule has 0 fully saturated rings. The molecule has 0 saturated heterocycles. The summed E-state index contributed by atoms with van der Waals surface area (Å²) in [6, 6.07) is 14.9. The van der Waals surface area contributed by atoms with Crippen LogP contribution in [0.3, 0.4) is 0 Å². The smallest absolute Gasteiger partial charge is 0.242 e. The Bertz CT molecular complexity index is 1180. The number of nitrogens with one attached hydrogen (secondary N) is 1. The van der Waals surface area contributed by atoms with Crippen molar-refractivity contribution in [2.24, 2.45) is 5.73 Å². The van der Waals surface area contributed by atoms with Crippen LogP contribution in [-0.4, -0.2) is 54.7 Å². The molecule has 1 unspecified atom stereocenters. The van der Waals surface area contributed by atoms with Crippen LogP contribution in [0, 0.1) is 19.7 Å². The van der Waals surface area contributed by atoms with Crippen LogP contribution in [0.25, 0.3) is 0 Å². The molecule has 1 aliphatic rings. The van der Waals surface area contributed by atoms with Crippen molar-refractivity contribution >= 4 is 11.6 Å². The Morgan fingerprint density at radius 2 is 1.90 bits per heavy atom. The van der Waals surface area contributed by atoms with Crippen LogP contribution in [0.4, 0.5) is 10.1 Å². The number of carbonyl (C=O) groups excluding carboxylic acids is 1. The summed E-state index contributed by atoms with van der Waals surface area (Å²) < 4.78 is 12.3. The first-order valence-corrected chi connectivity index (χ1v) is 14.3. The van der Waals surface area contributed by atoms with Crippen molar-refractivity contribution in [3.8, 4) is 0 Å². The lowest BCUT2D eigenvalue weighted by Gasteiger charge is -2.29. The highest BCUT2D eigenvalue weighted by atomic mass is 19.1. The second-order valence-electron chi connectivity index (χ2n) is 10.4. The number of aryl methyl sites for hydroxylation is 2. The Morgan fingerprint density at radius 1 is 1.20 bits per heavy atom. The fraction of sp³-hybridized carbons (Fsp3) is 0.382. The highest BCUT2D eigenvalue weighted by Gasteiger charge is 2.20. The lowest BCUT2D eigenvalue weighted by atomic mass is 10.1. The molecule has 0 spiro atoms. The molecular formula is C34H47FN4O2. The van der Waals surface area contributed by atoms with Crippen LogP contribution in [0.1, 0.15) is 44.2 Å². The third kappa shape index (κ3) is 12.5. The Balaban J connectivity index is 0.000000629. The van der Waals surface area contributed by atoms with Crippen LogP contribution in [0.2, 0.25) is 0 Å². The molecule has 7 heteroatoms. The number of rotatable bonds is 11. The number of amides is 1. The molecule has 41 heavy (non-hydrogen) atoms. The van der Waals surface area contributed by atoms with Gasteiger partial charge in [0.1, 0.15) is 5.82 Å². The molecule has 6 nitrogen and oxygen atoms in total. The van der Waals surface area contributed by atoms with E-state index in [1.807, 2.05) is 54.3 Å². The van der Waals surface area contributed by atoms with Gasteiger partial charge in [-0.1, -0.05) is 73.7 Å². The maximum atomic E-state index is 13.1. The molecule has 2 aromatic carbocycles. The third-order valence-electron chi connectivity index (χ3n) is 6.77. The normalized spacial score (nSPS) is 15.5. The summed E-state index contributed by atoms with van der Waals surface area (Å²) >= 11 is 0. The fourth-order valence-electron chi connectivity index (χ4n) is 4.20. The van der Waals surface area contributed by atoms with Gasteiger partial charge in [0.25, 0.3) is 0 Å². The van der Waals surface area contributed by atoms with Crippen LogP contribution in [-0.2, 0) is 4.79 Å². The number of halogens is 1. The first-order chi connectivity index (χ1) is 19.6. The van der Waals surface area contributed by atoms with Crippen molar-refractivity contribution in [1.82, 2.24) is 10.2 Å². The minimum absolute atomic E-state index is 0.00801. The summed E-state index contributed by atoms with van der Waals surface area (Å²) in [4.78, 5) is 17.0. The van der Waals surface area contributed by atoms with Gasteiger partial charge in [0.15, 0.2) is 0 Å². The van der Waals surface area contributed by atoms with Gasteiger partial charge in [0.2, 0.25) is 5.91 Å². The summed E-state index contributed by atoms with van der Waals surface area (Å²) in [5, 5.41) is 13.3. The molecule has 0 radical (unpaired) electrons. The van der Waals surface area contributed by atoms with Crippen molar-refractivity contribution in [2.45, 2.75) is 53.0 Å². The van der Waals surface area contributed by atoms with Gasteiger partial charge in [-0.15, -0.1) is 0 Å². The number of nitrogens with zero attached hydrogens (tertiary/aromatic N) is 2. The minimum Gasteiger partial charge on any atom is -0.512 e. The van der Waals surface area contributed by atoms with Crippen LogP contribution in [0.15, 0.2) is 96.4 Å². The molecule has 0 aliphatic carbocycles. The summed E-state index contributed by atoms with van der Waals surface area (Å²) in [7, 11) is 0. The number of nitrogens with two attached hydrogens (primary N) is 1. The van der Waals surface area contributed by atoms with Crippen molar-refractivity contribution in [1.29, 1.82) is 0 Å². The molecule has 0 bridgehead atoms. The van der Waals surface area contributed by atoms with E-state index in [0.29, 0.717) is 43.9 Å². The van der Waals surface area contributed by atoms with E-state index in [-0.39, 0.29) is 24.3 Å². The van der Waals surface area contributed by atoms with E-state index in [1.54, 1.807) is 26.0 Å². The molecule has 1 atom stereocenters. The first kappa shape index (κ1) is 33.4. The van der Waals surface area contributed by atoms with E-state index < -0.39 is 0 Å². The molecule has 1 amide bonds. The summed E-state index contributed by atoms with van der Waals surface area (Å²) in [5.74, 6) is 0.283. The molecule has 4 N–H and O–H groups in total. The SMILES string of the molecule is C=C(CN(CC(=O)N1CC=CC(N)CC1)c1ccc(C)cc1)NCCC(/C=C\CC)=C(/C)O.Cc1ccccc1F. The summed E-state index contributed by atoms with van der Waals surface area (Å²) in [5.41, 5.74) is 10.6. The number of aliphatic hydroxyl groups is 1. The molecule has 0 saturated carbocycles. The largest absolute Gasteiger partial charge is 0.512 e. The average Bonchev–Trinajstić information content (AvgIpc) is 3.17. The number of hydrogen-bond donors (Lipinski definition) is 3.